The van der Waals surface area contributed by atoms with Gasteiger partial charge in [0.15, 0.2) is 0 Å². The van der Waals surface area contributed by atoms with E-state index in [1.165, 1.54) is 196 Å². The lowest BCUT2D eigenvalue weighted by Gasteiger charge is -2.17. The Balaban J connectivity index is 1.45. The normalized spacial score (nSPS) is 12.2. The van der Waals surface area contributed by atoms with E-state index in [2.05, 4.69) is 90.1 Å². The maximum atomic E-state index is 5.83. The van der Waals surface area contributed by atoms with Crippen LogP contribution in [-0.4, -0.2) is 26.4 Å². The molecule has 0 radical (unpaired) electrons. The highest BCUT2D eigenvalue weighted by molar-refractivity contribution is 5.68. The van der Waals surface area contributed by atoms with Gasteiger partial charge in [0.2, 0.25) is 0 Å². The standard InChI is InChI=1S/C51H88O2/c1-50(2,3)39-31-43-52-41-28-22-18-14-10-7-8-13-17-21-25-35-47-36-26-27-38-49(47)48-37-30-34-46(45-48)33-24-20-16-12-9-11-15-19-23-29-42-53-44-32-40-51(4,5)6/h26-27,30,34,36-38,45H,7-25,28-29,31-33,35,39-44H2,1-6H3. The topological polar surface area (TPSA) is 18.5 Å². The van der Waals surface area contributed by atoms with Crippen LogP contribution in [0.25, 0.3) is 11.1 Å². The van der Waals surface area contributed by atoms with Gasteiger partial charge in [0, 0.05) is 26.4 Å². The number of hydrogen-bond donors (Lipinski definition) is 0. The highest BCUT2D eigenvalue weighted by Crippen LogP contribution is 2.27. The molecule has 0 heterocycles. The van der Waals surface area contributed by atoms with Crippen LogP contribution >= 0.6 is 0 Å². The predicted molar refractivity (Wildman–Crippen MR) is 235 cm³/mol. The summed E-state index contributed by atoms with van der Waals surface area (Å²) in [6, 6.07) is 18.6. The van der Waals surface area contributed by atoms with Crippen molar-refractivity contribution in [3.05, 3.63) is 59.7 Å². The van der Waals surface area contributed by atoms with Gasteiger partial charge >= 0.3 is 0 Å². The lowest BCUT2D eigenvalue weighted by Crippen LogP contribution is -2.07. The van der Waals surface area contributed by atoms with Crippen molar-refractivity contribution >= 4 is 0 Å². The fraction of sp³-hybridized carbons (Fsp3) is 0.765. The Hall–Kier alpha value is -1.64. The van der Waals surface area contributed by atoms with Crippen molar-refractivity contribution in [3.8, 4) is 11.1 Å². The summed E-state index contributed by atoms with van der Waals surface area (Å²) < 4.78 is 11.7. The second kappa shape index (κ2) is 30.6. The van der Waals surface area contributed by atoms with E-state index in [1.807, 2.05) is 0 Å². The van der Waals surface area contributed by atoms with Crippen LogP contribution in [0.1, 0.15) is 213 Å². The number of hydrogen-bond acceptors (Lipinski definition) is 2. The van der Waals surface area contributed by atoms with E-state index in [4.69, 9.17) is 9.47 Å². The zero-order chi connectivity index (χ0) is 38.3. The van der Waals surface area contributed by atoms with Crippen LogP contribution in [-0.2, 0) is 22.3 Å². The highest BCUT2D eigenvalue weighted by atomic mass is 16.5. The lowest BCUT2D eigenvalue weighted by atomic mass is 9.91. The Morgan fingerprint density at radius 1 is 0.377 bits per heavy atom. The van der Waals surface area contributed by atoms with Crippen LogP contribution in [0.5, 0.6) is 0 Å². The molecule has 2 rings (SSSR count). The minimum atomic E-state index is 0.435. The molecule has 0 saturated heterocycles. The molecular weight excluding hydrogens is 645 g/mol. The van der Waals surface area contributed by atoms with Gasteiger partial charge in [-0.2, -0.15) is 0 Å². The van der Waals surface area contributed by atoms with Gasteiger partial charge in [-0.3, -0.25) is 0 Å². The van der Waals surface area contributed by atoms with E-state index in [9.17, 15) is 0 Å². The zero-order valence-corrected chi connectivity index (χ0v) is 36.4. The predicted octanol–water partition coefficient (Wildman–Crippen LogP) is 16.3. The first-order valence-corrected chi connectivity index (χ1v) is 23.0. The fourth-order valence-electron chi connectivity index (χ4n) is 7.59. The maximum Gasteiger partial charge on any atom is 0.0466 e. The first kappa shape index (κ1) is 47.5. The fourth-order valence-corrected chi connectivity index (χ4v) is 7.59. The van der Waals surface area contributed by atoms with Gasteiger partial charge in [-0.15, -0.1) is 0 Å². The van der Waals surface area contributed by atoms with Crippen LogP contribution in [0, 0.1) is 10.8 Å². The van der Waals surface area contributed by atoms with Crippen molar-refractivity contribution in [1.29, 1.82) is 0 Å². The largest absolute Gasteiger partial charge is 0.381 e. The van der Waals surface area contributed by atoms with Crippen molar-refractivity contribution in [1.82, 2.24) is 0 Å². The number of benzene rings is 2. The first-order chi connectivity index (χ1) is 25.6. The van der Waals surface area contributed by atoms with Crippen LogP contribution in [0.15, 0.2) is 48.5 Å². The molecule has 304 valence electrons. The van der Waals surface area contributed by atoms with Crippen LogP contribution in [0.3, 0.4) is 0 Å². The summed E-state index contributed by atoms with van der Waals surface area (Å²) in [6.45, 7) is 17.7. The van der Waals surface area contributed by atoms with E-state index < -0.39 is 0 Å². The second-order valence-electron chi connectivity index (χ2n) is 18.8. The van der Waals surface area contributed by atoms with Crippen LogP contribution < -0.4 is 0 Å². The molecule has 2 nitrogen and oxygen atoms in total. The average Bonchev–Trinajstić information content (AvgIpc) is 3.12. The molecule has 0 N–H and O–H groups in total. The molecule has 0 amide bonds. The molecule has 0 saturated carbocycles. The monoisotopic (exact) mass is 733 g/mol. The van der Waals surface area contributed by atoms with Crippen molar-refractivity contribution in [3.63, 3.8) is 0 Å². The zero-order valence-electron chi connectivity index (χ0n) is 36.4. The van der Waals surface area contributed by atoms with Gasteiger partial charge in [0.1, 0.15) is 0 Å². The summed E-state index contributed by atoms with van der Waals surface area (Å²) in [6.07, 6.45) is 36.0. The number of aryl methyl sites for hydroxylation is 2. The third-order valence-electron chi connectivity index (χ3n) is 10.9. The van der Waals surface area contributed by atoms with Gasteiger partial charge in [-0.25, -0.2) is 0 Å². The molecule has 2 aromatic rings. The van der Waals surface area contributed by atoms with Crippen molar-refractivity contribution in [2.45, 2.75) is 215 Å². The highest BCUT2D eigenvalue weighted by Gasteiger charge is 2.10. The molecule has 0 fully saturated rings. The minimum Gasteiger partial charge on any atom is -0.381 e. The molecular formula is C51H88O2. The van der Waals surface area contributed by atoms with Crippen LogP contribution in [0.2, 0.25) is 0 Å². The molecule has 2 heteroatoms. The quantitative estimate of drug-likeness (QED) is 0.0667. The van der Waals surface area contributed by atoms with E-state index in [1.54, 1.807) is 0 Å². The van der Waals surface area contributed by atoms with E-state index in [-0.39, 0.29) is 0 Å². The Bertz CT molecular complexity index is 1110. The number of ether oxygens (including phenoxy) is 2. The van der Waals surface area contributed by atoms with Crippen molar-refractivity contribution in [2.75, 3.05) is 26.4 Å². The molecule has 0 atom stereocenters. The Kier molecular flexibility index (Phi) is 27.4. The van der Waals surface area contributed by atoms with Crippen LogP contribution in [0.4, 0.5) is 0 Å². The molecule has 0 aliphatic carbocycles. The van der Waals surface area contributed by atoms with Crippen molar-refractivity contribution < 1.29 is 9.47 Å². The Morgan fingerprint density at radius 2 is 0.774 bits per heavy atom. The average molecular weight is 733 g/mol. The minimum absolute atomic E-state index is 0.435. The first-order valence-electron chi connectivity index (χ1n) is 23.0. The Labute approximate surface area is 331 Å². The summed E-state index contributed by atoms with van der Waals surface area (Å²) in [5.41, 5.74) is 6.77. The summed E-state index contributed by atoms with van der Waals surface area (Å²) in [5.74, 6) is 0. The van der Waals surface area contributed by atoms with Crippen molar-refractivity contribution in [2.24, 2.45) is 10.8 Å². The van der Waals surface area contributed by atoms with Gasteiger partial charge < -0.3 is 9.47 Å². The van der Waals surface area contributed by atoms with Gasteiger partial charge in [0.05, 0.1) is 0 Å². The lowest BCUT2D eigenvalue weighted by molar-refractivity contribution is 0.118. The summed E-state index contributed by atoms with van der Waals surface area (Å²) in [7, 11) is 0. The molecule has 0 aromatic heterocycles. The molecule has 0 bridgehead atoms. The molecule has 2 aromatic carbocycles. The van der Waals surface area contributed by atoms with Gasteiger partial charge in [-0.05, 0) is 97.3 Å². The Morgan fingerprint density at radius 3 is 1.25 bits per heavy atom. The van der Waals surface area contributed by atoms with Gasteiger partial charge in [-0.1, -0.05) is 199 Å². The number of unbranched alkanes of at least 4 members (excludes halogenated alkanes) is 19. The molecule has 0 aliphatic rings. The number of rotatable bonds is 34. The summed E-state index contributed by atoms with van der Waals surface area (Å²) in [4.78, 5) is 0. The van der Waals surface area contributed by atoms with Gasteiger partial charge in [0.25, 0.3) is 0 Å². The van der Waals surface area contributed by atoms with E-state index in [0.29, 0.717) is 10.8 Å². The molecule has 0 unspecified atom stereocenters. The summed E-state index contributed by atoms with van der Waals surface area (Å²) >= 11 is 0. The SMILES string of the molecule is CC(C)(C)CCCOCCCCCCCCCCCCCc1ccccc1-c1cccc(CCCCCCCCCCCCOCCCC(C)(C)C)c1. The third-order valence-corrected chi connectivity index (χ3v) is 10.9. The second-order valence-corrected chi connectivity index (χ2v) is 18.8. The smallest absolute Gasteiger partial charge is 0.0466 e. The van der Waals surface area contributed by atoms with E-state index in [0.717, 1.165) is 26.4 Å². The molecule has 0 spiro atoms. The third kappa shape index (κ3) is 28.4. The maximum absolute atomic E-state index is 5.83. The summed E-state index contributed by atoms with van der Waals surface area (Å²) in [5, 5.41) is 0. The molecule has 53 heavy (non-hydrogen) atoms. The van der Waals surface area contributed by atoms with E-state index >= 15 is 0 Å². The molecule has 0 aliphatic heterocycles.